The average Bonchev–Trinajstić information content (AvgIpc) is 2.41. The van der Waals surface area contributed by atoms with Crippen LogP contribution < -0.4 is 0 Å². The van der Waals surface area contributed by atoms with Crippen molar-refractivity contribution in [2.24, 2.45) is 0 Å². The van der Waals surface area contributed by atoms with Gasteiger partial charge in [0.25, 0.3) is 0 Å². The second-order valence-electron chi connectivity index (χ2n) is 4.37. The number of benzene rings is 2. The van der Waals surface area contributed by atoms with Gasteiger partial charge in [0, 0.05) is 0 Å². The molecule has 0 amide bonds. The van der Waals surface area contributed by atoms with Crippen molar-refractivity contribution in [2.45, 2.75) is 25.7 Å². The number of hydrogen-bond donors (Lipinski definition) is 0. The van der Waals surface area contributed by atoms with Crippen molar-refractivity contribution in [3.05, 3.63) is 67.1 Å². The summed E-state index contributed by atoms with van der Waals surface area (Å²) in [5.74, 6) is 0. The van der Waals surface area contributed by atoms with E-state index in [2.05, 4.69) is 61.5 Å². The Morgan fingerprint density at radius 2 is 1.35 bits per heavy atom. The second-order valence-corrected chi connectivity index (χ2v) is 4.37. The molecule has 0 heterocycles. The van der Waals surface area contributed by atoms with E-state index < -0.39 is 0 Å². The van der Waals surface area contributed by atoms with Crippen LogP contribution >= 0.6 is 0 Å². The van der Waals surface area contributed by atoms with E-state index in [4.69, 9.17) is 0 Å². The van der Waals surface area contributed by atoms with Crippen LogP contribution in [-0.4, -0.2) is 0 Å². The maximum absolute atomic E-state index is 3.87. The minimum Gasteiger partial charge on any atom is -0.0622 e. The van der Waals surface area contributed by atoms with Gasteiger partial charge in [0.15, 0.2) is 0 Å². The molecule has 2 aromatic rings. The fourth-order valence-corrected chi connectivity index (χ4v) is 2.00. The molecule has 0 unspecified atom stereocenters. The zero-order chi connectivity index (χ0) is 11.9. The van der Waals surface area contributed by atoms with Gasteiger partial charge in [-0.25, -0.2) is 0 Å². The lowest BCUT2D eigenvalue weighted by atomic mass is 10.0. The van der Waals surface area contributed by atoms with Crippen molar-refractivity contribution in [1.29, 1.82) is 0 Å². The molecule has 0 saturated carbocycles. The Morgan fingerprint density at radius 1 is 0.706 bits per heavy atom. The standard InChI is InChI=1S/C17H19/c1-2-3-5-8-15-11-13-17(14-12-15)16-9-6-4-7-10-16/h4,6-7,9-14H,1-3,5,8H2. The van der Waals surface area contributed by atoms with E-state index in [-0.39, 0.29) is 0 Å². The Hall–Kier alpha value is -1.56. The van der Waals surface area contributed by atoms with E-state index in [9.17, 15) is 0 Å². The molecule has 1 radical (unpaired) electrons. The third-order valence-corrected chi connectivity index (χ3v) is 3.03. The summed E-state index contributed by atoms with van der Waals surface area (Å²) in [5.41, 5.74) is 4.02. The van der Waals surface area contributed by atoms with Crippen molar-refractivity contribution in [1.82, 2.24) is 0 Å². The lowest BCUT2D eigenvalue weighted by Crippen LogP contribution is -1.85. The van der Waals surface area contributed by atoms with E-state index in [0.717, 1.165) is 6.42 Å². The molecule has 2 aromatic carbocycles. The van der Waals surface area contributed by atoms with Gasteiger partial charge in [-0.1, -0.05) is 74.4 Å². The number of unbranched alkanes of at least 4 members (excludes halogenated alkanes) is 2. The Bertz CT molecular complexity index is 425. The van der Waals surface area contributed by atoms with Crippen LogP contribution in [0.4, 0.5) is 0 Å². The highest BCUT2D eigenvalue weighted by Gasteiger charge is 1.97. The molecule has 0 aliphatic carbocycles. The Balaban J connectivity index is 2.03. The molecule has 0 atom stereocenters. The molecule has 87 valence electrons. The van der Waals surface area contributed by atoms with Crippen LogP contribution in [0.2, 0.25) is 0 Å². The maximum Gasteiger partial charge on any atom is -0.0184 e. The zero-order valence-electron chi connectivity index (χ0n) is 10.2. The van der Waals surface area contributed by atoms with E-state index in [1.807, 2.05) is 0 Å². The van der Waals surface area contributed by atoms with Gasteiger partial charge in [-0.2, -0.15) is 0 Å². The summed E-state index contributed by atoms with van der Waals surface area (Å²) in [5, 5.41) is 0. The molecule has 0 bridgehead atoms. The van der Waals surface area contributed by atoms with Crippen LogP contribution in [0.1, 0.15) is 24.8 Å². The minimum absolute atomic E-state index is 1.04. The molecule has 0 N–H and O–H groups in total. The summed E-state index contributed by atoms with van der Waals surface area (Å²) in [7, 11) is 0. The van der Waals surface area contributed by atoms with Crippen molar-refractivity contribution < 1.29 is 0 Å². The van der Waals surface area contributed by atoms with Gasteiger partial charge in [-0.3, -0.25) is 0 Å². The Kier molecular flexibility index (Phi) is 4.37. The van der Waals surface area contributed by atoms with Gasteiger partial charge < -0.3 is 0 Å². The van der Waals surface area contributed by atoms with Crippen LogP contribution in [-0.2, 0) is 6.42 Å². The molecular formula is C17H19. The minimum atomic E-state index is 1.04. The number of hydrogen-bond acceptors (Lipinski definition) is 0. The largest absolute Gasteiger partial charge is 0.0622 e. The summed E-state index contributed by atoms with van der Waals surface area (Å²) in [4.78, 5) is 0. The van der Waals surface area contributed by atoms with Gasteiger partial charge in [-0.05, 0) is 29.5 Å². The van der Waals surface area contributed by atoms with Crippen molar-refractivity contribution in [3.8, 4) is 11.1 Å². The molecule has 0 fully saturated rings. The van der Waals surface area contributed by atoms with Crippen LogP contribution in [0.25, 0.3) is 11.1 Å². The third kappa shape index (κ3) is 3.45. The highest BCUT2D eigenvalue weighted by atomic mass is 14.0. The van der Waals surface area contributed by atoms with Crippen molar-refractivity contribution in [3.63, 3.8) is 0 Å². The quantitative estimate of drug-likeness (QED) is 0.632. The van der Waals surface area contributed by atoms with Gasteiger partial charge in [0.05, 0.1) is 0 Å². The second kappa shape index (κ2) is 6.24. The first-order valence-electron chi connectivity index (χ1n) is 6.34. The zero-order valence-corrected chi connectivity index (χ0v) is 10.2. The molecule has 0 heteroatoms. The van der Waals surface area contributed by atoms with Crippen molar-refractivity contribution >= 4 is 0 Å². The fraction of sp³-hybridized carbons (Fsp3) is 0.235. The van der Waals surface area contributed by atoms with Gasteiger partial charge in [0.1, 0.15) is 0 Å². The summed E-state index contributed by atoms with van der Waals surface area (Å²) in [6, 6.07) is 19.4. The predicted molar refractivity (Wildman–Crippen MR) is 74.8 cm³/mol. The topological polar surface area (TPSA) is 0 Å². The SMILES string of the molecule is [CH2]CCCCc1ccc(-c2ccccc2)cc1. The number of rotatable bonds is 5. The first kappa shape index (κ1) is 11.9. The Labute approximate surface area is 104 Å². The van der Waals surface area contributed by atoms with Crippen LogP contribution in [0.15, 0.2) is 54.6 Å². The van der Waals surface area contributed by atoms with Gasteiger partial charge in [-0.15, -0.1) is 0 Å². The van der Waals surface area contributed by atoms with Crippen molar-refractivity contribution in [2.75, 3.05) is 0 Å². The monoisotopic (exact) mass is 223 g/mol. The van der Waals surface area contributed by atoms with E-state index >= 15 is 0 Å². The average molecular weight is 223 g/mol. The lowest BCUT2D eigenvalue weighted by molar-refractivity contribution is 0.746. The molecule has 0 aliphatic rings. The molecule has 0 saturated heterocycles. The maximum atomic E-state index is 3.87. The summed E-state index contributed by atoms with van der Waals surface area (Å²) < 4.78 is 0. The first-order chi connectivity index (χ1) is 8.40. The van der Waals surface area contributed by atoms with Gasteiger partial charge >= 0.3 is 0 Å². The third-order valence-electron chi connectivity index (χ3n) is 3.03. The summed E-state index contributed by atoms with van der Waals surface area (Å²) >= 11 is 0. The molecule has 0 nitrogen and oxygen atoms in total. The lowest BCUT2D eigenvalue weighted by Gasteiger charge is -2.04. The highest BCUT2D eigenvalue weighted by molar-refractivity contribution is 5.63. The highest BCUT2D eigenvalue weighted by Crippen LogP contribution is 2.19. The predicted octanol–water partition coefficient (Wildman–Crippen LogP) is 4.90. The fourth-order valence-electron chi connectivity index (χ4n) is 2.00. The number of aryl methyl sites for hydroxylation is 1. The van der Waals surface area contributed by atoms with E-state index in [1.165, 1.54) is 36.0 Å². The molecule has 0 spiro atoms. The summed E-state index contributed by atoms with van der Waals surface area (Å²) in [6.07, 6.45) is 4.68. The summed E-state index contributed by atoms with van der Waals surface area (Å²) in [6.45, 7) is 3.87. The molecule has 17 heavy (non-hydrogen) atoms. The molecular weight excluding hydrogens is 204 g/mol. The normalized spacial score (nSPS) is 10.4. The van der Waals surface area contributed by atoms with E-state index in [0.29, 0.717) is 0 Å². The van der Waals surface area contributed by atoms with Crippen LogP contribution in [0.3, 0.4) is 0 Å². The Morgan fingerprint density at radius 3 is 2.00 bits per heavy atom. The van der Waals surface area contributed by atoms with Gasteiger partial charge in [0.2, 0.25) is 0 Å². The van der Waals surface area contributed by atoms with E-state index in [1.54, 1.807) is 0 Å². The smallest absolute Gasteiger partial charge is 0.0184 e. The molecule has 0 aromatic heterocycles. The molecule has 0 aliphatic heterocycles. The van der Waals surface area contributed by atoms with Crippen LogP contribution in [0.5, 0.6) is 0 Å². The first-order valence-corrected chi connectivity index (χ1v) is 6.34. The van der Waals surface area contributed by atoms with Crippen LogP contribution in [0, 0.1) is 6.92 Å². The molecule has 2 rings (SSSR count).